The summed E-state index contributed by atoms with van der Waals surface area (Å²) in [4.78, 5) is 26.0. The summed E-state index contributed by atoms with van der Waals surface area (Å²) in [6, 6.07) is 8.67. The number of fused-ring (bicyclic) bond motifs is 1. The molecular weight excluding hydrogens is 368 g/mol. The Morgan fingerprint density at radius 2 is 2.04 bits per heavy atom. The summed E-state index contributed by atoms with van der Waals surface area (Å²) in [6.45, 7) is 4.49. The molecule has 0 saturated heterocycles. The van der Waals surface area contributed by atoms with Crippen molar-refractivity contribution in [2.45, 2.75) is 20.3 Å². The van der Waals surface area contributed by atoms with Crippen molar-refractivity contribution < 1.29 is 19.1 Å². The SMILES string of the molecule is CCOc1c(Cl)cc(C(=O)Nc2ccc3c(c2)CCN3C(C)=O)cc1OC. The van der Waals surface area contributed by atoms with Gasteiger partial charge in [0.15, 0.2) is 11.5 Å². The van der Waals surface area contributed by atoms with Gasteiger partial charge in [-0.1, -0.05) is 11.6 Å². The van der Waals surface area contributed by atoms with Crippen LogP contribution in [0.3, 0.4) is 0 Å². The smallest absolute Gasteiger partial charge is 0.255 e. The number of ether oxygens (including phenoxy) is 2. The lowest BCUT2D eigenvalue weighted by molar-refractivity contribution is -0.116. The Morgan fingerprint density at radius 1 is 1.26 bits per heavy atom. The van der Waals surface area contributed by atoms with Crippen LogP contribution >= 0.6 is 11.6 Å². The van der Waals surface area contributed by atoms with Gasteiger partial charge in [0, 0.05) is 30.4 Å². The van der Waals surface area contributed by atoms with E-state index < -0.39 is 0 Å². The van der Waals surface area contributed by atoms with Gasteiger partial charge in [0.05, 0.1) is 18.7 Å². The molecule has 1 aliphatic heterocycles. The molecule has 7 heteroatoms. The van der Waals surface area contributed by atoms with Crippen molar-refractivity contribution in [1.82, 2.24) is 0 Å². The number of benzene rings is 2. The fourth-order valence-electron chi connectivity index (χ4n) is 3.15. The third-order valence-electron chi connectivity index (χ3n) is 4.39. The van der Waals surface area contributed by atoms with Gasteiger partial charge in [-0.15, -0.1) is 0 Å². The zero-order valence-electron chi connectivity index (χ0n) is 15.5. The third kappa shape index (κ3) is 3.85. The fraction of sp³-hybridized carbons (Fsp3) is 0.300. The molecule has 0 aliphatic carbocycles. The number of amides is 2. The molecule has 0 aromatic heterocycles. The first kappa shape index (κ1) is 19.0. The largest absolute Gasteiger partial charge is 0.493 e. The predicted molar refractivity (Wildman–Crippen MR) is 105 cm³/mol. The molecule has 0 fully saturated rings. The molecule has 2 aromatic rings. The van der Waals surface area contributed by atoms with Crippen molar-refractivity contribution in [3.8, 4) is 11.5 Å². The first-order chi connectivity index (χ1) is 12.9. The van der Waals surface area contributed by atoms with Crippen molar-refractivity contribution in [1.29, 1.82) is 0 Å². The number of carbonyl (C=O) groups is 2. The number of rotatable bonds is 5. The highest BCUT2D eigenvalue weighted by atomic mass is 35.5. The van der Waals surface area contributed by atoms with Crippen molar-refractivity contribution >= 4 is 34.8 Å². The molecule has 0 bridgehead atoms. The first-order valence-electron chi connectivity index (χ1n) is 8.67. The Kier molecular flexibility index (Phi) is 5.56. The van der Waals surface area contributed by atoms with Crippen LogP contribution in [0.4, 0.5) is 11.4 Å². The van der Waals surface area contributed by atoms with Crippen molar-refractivity contribution in [3.63, 3.8) is 0 Å². The summed E-state index contributed by atoms with van der Waals surface area (Å²) in [7, 11) is 1.50. The summed E-state index contributed by atoms with van der Waals surface area (Å²) < 4.78 is 10.8. The maximum atomic E-state index is 12.6. The van der Waals surface area contributed by atoms with E-state index in [-0.39, 0.29) is 11.8 Å². The van der Waals surface area contributed by atoms with Gasteiger partial charge in [0.1, 0.15) is 0 Å². The Balaban J connectivity index is 1.82. The highest BCUT2D eigenvalue weighted by Gasteiger charge is 2.22. The zero-order valence-corrected chi connectivity index (χ0v) is 16.2. The fourth-order valence-corrected chi connectivity index (χ4v) is 3.41. The number of methoxy groups -OCH3 is 1. The second-order valence-electron chi connectivity index (χ2n) is 6.14. The maximum absolute atomic E-state index is 12.6. The molecule has 2 aromatic carbocycles. The number of hydrogen-bond acceptors (Lipinski definition) is 4. The van der Waals surface area contributed by atoms with Crippen LogP contribution in [0.15, 0.2) is 30.3 Å². The second kappa shape index (κ2) is 7.88. The van der Waals surface area contributed by atoms with Gasteiger partial charge in [-0.2, -0.15) is 0 Å². The Labute approximate surface area is 163 Å². The molecule has 0 spiro atoms. The number of anilines is 2. The summed E-state index contributed by atoms with van der Waals surface area (Å²) in [6.07, 6.45) is 0.765. The van der Waals surface area contributed by atoms with Crippen LogP contribution in [-0.2, 0) is 11.2 Å². The van der Waals surface area contributed by atoms with E-state index >= 15 is 0 Å². The maximum Gasteiger partial charge on any atom is 0.255 e. The zero-order chi connectivity index (χ0) is 19.6. The van der Waals surface area contributed by atoms with Crippen LogP contribution in [0.2, 0.25) is 5.02 Å². The lowest BCUT2D eigenvalue weighted by Gasteiger charge is -2.15. The molecule has 1 heterocycles. The Morgan fingerprint density at radius 3 is 2.70 bits per heavy atom. The van der Waals surface area contributed by atoms with Gasteiger partial charge in [-0.25, -0.2) is 0 Å². The molecule has 1 N–H and O–H groups in total. The van der Waals surface area contributed by atoms with Crippen molar-refractivity contribution in [3.05, 3.63) is 46.5 Å². The number of halogens is 1. The summed E-state index contributed by atoms with van der Waals surface area (Å²) >= 11 is 6.24. The number of hydrogen-bond donors (Lipinski definition) is 1. The Bertz CT molecular complexity index is 898. The standard InChI is InChI=1S/C20H21ClN2O4/c1-4-27-19-16(21)10-14(11-18(19)26-3)20(25)22-15-5-6-17-13(9-15)7-8-23(17)12(2)24/h5-6,9-11H,4,7-8H2,1-3H3,(H,22,25). The van der Waals surface area contributed by atoms with Gasteiger partial charge in [-0.05, 0) is 49.2 Å². The molecule has 27 heavy (non-hydrogen) atoms. The molecule has 2 amide bonds. The molecule has 0 radical (unpaired) electrons. The summed E-state index contributed by atoms with van der Waals surface area (Å²) in [5.74, 6) is 0.530. The highest BCUT2D eigenvalue weighted by Crippen LogP contribution is 2.37. The van der Waals surface area contributed by atoms with Crippen LogP contribution in [0, 0.1) is 0 Å². The van der Waals surface area contributed by atoms with Crippen LogP contribution < -0.4 is 19.7 Å². The highest BCUT2D eigenvalue weighted by molar-refractivity contribution is 6.32. The normalized spacial score (nSPS) is 12.5. The summed E-state index contributed by atoms with van der Waals surface area (Å²) in [5, 5.41) is 3.18. The molecule has 6 nitrogen and oxygen atoms in total. The summed E-state index contributed by atoms with van der Waals surface area (Å²) in [5.41, 5.74) is 2.95. The van der Waals surface area contributed by atoms with Crippen molar-refractivity contribution in [2.75, 3.05) is 30.5 Å². The van der Waals surface area contributed by atoms with Crippen LogP contribution in [0.5, 0.6) is 11.5 Å². The number of carbonyl (C=O) groups excluding carboxylic acids is 2. The van der Waals surface area contributed by atoms with E-state index in [9.17, 15) is 9.59 Å². The lowest BCUT2D eigenvalue weighted by Crippen LogP contribution is -2.25. The van der Waals surface area contributed by atoms with Crippen LogP contribution in [0.1, 0.15) is 29.8 Å². The van der Waals surface area contributed by atoms with E-state index in [0.717, 1.165) is 17.7 Å². The average Bonchev–Trinajstić information content (AvgIpc) is 3.06. The monoisotopic (exact) mass is 388 g/mol. The van der Waals surface area contributed by atoms with E-state index in [0.29, 0.717) is 40.9 Å². The molecular formula is C20H21ClN2O4. The topological polar surface area (TPSA) is 67.9 Å². The van der Waals surface area contributed by atoms with Gasteiger partial charge in [-0.3, -0.25) is 9.59 Å². The van der Waals surface area contributed by atoms with E-state index in [2.05, 4.69) is 5.32 Å². The molecule has 0 atom stereocenters. The minimum absolute atomic E-state index is 0.0154. The van der Waals surface area contributed by atoms with Gasteiger partial charge in [0.2, 0.25) is 5.91 Å². The molecule has 1 aliphatic rings. The quantitative estimate of drug-likeness (QED) is 0.843. The first-order valence-corrected chi connectivity index (χ1v) is 9.05. The van der Waals surface area contributed by atoms with Crippen molar-refractivity contribution in [2.24, 2.45) is 0 Å². The number of nitrogens with zero attached hydrogens (tertiary/aromatic N) is 1. The van der Waals surface area contributed by atoms with Crippen LogP contribution in [0.25, 0.3) is 0 Å². The van der Waals surface area contributed by atoms with E-state index in [1.165, 1.54) is 7.11 Å². The predicted octanol–water partition coefficient (Wildman–Crippen LogP) is 3.91. The average molecular weight is 389 g/mol. The van der Waals surface area contributed by atoms with Gasteiger partial charge < -0.3 is 19.7 Å². The minimum atomic E-state index is -0.306. The van der Waals surface area contributed by atoms with E-state index in [1.807, 2.05) is 19.1 Å². The molecule has 0 unspecified atom stereocenters. The van der Waals surface area contributed by atoms with Gasteiger partial charge >= 0.3 is 0 Å². The van der Waals surface area contributed by atoms with E-state index in [1.54, 1.807) is 30.0 Å². The second-order valence-corrected chi connectivity index (χ2v) is 6.55. The number of nitrogens with one attached hydrogen (secondary N) is 1. The molecule has 3 rings (SSSR count). The minimum Gasteiger partial charge on any atom is -0.493 e. The van der Waals surface area contributed by atoms with Crippen LogP contribution in [-0.4, -0.2) is 32.1 Å². The molecule has 142 valence electrons. The third-order valence-corrected chi connectivity index (χ3v) is 4.67. The van der Waals surface area contributed by atoms with Gasteiger partial charge in [0.25, 0.3) is 5.91 Å². The van der Waals surface area contributed by atoms with E-state index in [4.69, 9.17) is 21.1 Å². The lowest BCUT2D eigenvalue weighted by atomic mass is 10.1. The molecule has 0 saturated carbocycles. The Hall–Kier alpha value is -2.73.